The average molecular weight is 159 g/mol. The monoisotopic (exact) mass is 159 g/mol. The number of hydrogen-bond donors (Lipinski definition) is 1. The standard InChI is InChI=1S/C8H8O2.Na/c1-6(9)7-2-4-8(10)5-3-7;/h2-5,10H,1H3;. The molecule has 0 saturated heterocycles. The van der Waals surface area contributed by atoms with Crippen molar-refractivity contribution < 1.29 is 9.90 Å². The molecule has 0 saturated carbocycles. The molecule has 2 nitrogen and oxygen atoms in total. The summed E-state index contributed by atoms with van der Waals surface area (Å²) in [5.41, 5.74) is 0.623. The Labute approximate surface area is 87.5 Å². The molecule has 0 spiro atoms. The Hall–Kier alpha value is -0.310. The summed E-state index contributed by atoms with van der Waals surface area (Å²) < 4.78 is 0. The fourth-order valence-corrected chi connectivity index (χ4v) is 0.696. The zero-order valence-electron chi connectivity index (χ0n) is 6.66. The van der Waals surface area contributed by atoms with Crippen LogP contribution in [0.3, 0.4) is 0 Å². The minimum absolute atomic E-state index is 0. The number of phenolic OH excluding ortho intramolecular Hbond substituents is 1. The summed E-state index contributed by atoms with van der Waals surface area (Å²) in [4.78, 5) is 10.7. The molecule has 0 atom stereocenters. The molecule has 3 heteroatoms. The summed E-state index contributed by atoms with van der Waals surface area (Å²) in [7, 11) is 0. The van der Waals surface area contributed by atoms with Crippen LogP contribution in [0.1, 0.15) is 17.3 Å². The molecule has 0 heterocycles. The minimum Gasteiger partial charge on any atom is -0.508 e. The molecule has 0 aliphatic heterocycles. The van der Waals surface area contributed by atoms with E-state index in [2.05, 4.69) is 0 Å². The molecule has 1 aromatic rings. The van der Waals surface area contributed by atoms with E-state index in [9.17, 15) is 4.79 Å². The van der Waals surface area contributed by atoms with Crippen molar-refractivity contribution in [3.63, 3.8) is 0 Å². The topological polar surface area (TPSA) is 37.3 Å². The minimum atomic E-state index is 0. The van der Waals surface area contributed by atoms with E-state index in [4.69, 9.17) is 5.11 Å². The van der Waals surface area contributed by atoms with Crippen LogP contribution in [0.2, 0.25) is 0 Å². The second-order valence-electron chi connectivity index (χ2n) is 2.10. The Bertz CT molecular complexity index is 241. The maximum atomic E-state index is 10.7. The van der Waals surface area contributed by atoms with Crippen molar-refractivity contribution in [3.05, 3.63) is 29.8 Å². The molecule has 0 fully saturated rings. The van der Waals surface area contributed by atoms with Crippen LogP contribution in [0.15, 0.2) is 24.3 Å². The van der Waals surface area contributed by atoms with Crippen molar-refractivity contribution in [1.29, 1.82) is 0 Å². The number of ketones is 1. The molecular formula is C8H8NaO2. The largest absolute Gasteiger partial charge is 0.508 e. The molecule has 0 bridgehead atoms. The molecule has 1 N–H and O–H groups in total. The third kappa shape index (κ3) is 3.06. The van der Waals surface area contributed by atoms with Gasteiger partial charge in [0.15, 0.2) is 5.78 Å². The van der Waals surface area contributed by atoms with Gasteiger partial charge >= 0.3 is 0 Å². The molecule has 1 aromatic carbocycles. The fourth-order valence-electron chi connectivity index (χ4n) is 0.696. The van der Waals surface area contributed by atoms with Crippen molar-refractivity contribution in [2.75, 3.05) is 0 Å². The molecule has 1 rings (SSSR count). The zero-order valence-corrected chi connectivity index (χ0v) is 8.66. The number of phenols is 1. The van der Waals surface area contributed by atoms with Gasteiger partial charge in [0, 0.05) is 35.1 Å². The first kappa shape index (κ1) is 10.7. The van der Waals surface area contributed by atoms with Gasteiger partial charge in [0.2, 0.25) is 0 Å². The van der Waals surface area contributed by atoms with Gasteiger partial charge in [-0.3, -0.25) is 4.79 Å². The number of rotatable bonds is 1. The number of Topliss-reactive ketones (excluding diaryl/α,β-unsaturated/α-hetero) is 1. The van der Waals surface area contributed by atoms with Crippen molar-refractivity contribution >= 4 is 35.3 Å². The molecule has 11 heavy (non-hydrogen) atoms. The summed E-state index contributed by atoms with van der Waals surface area (Å²) in [5.74, 6) is 0.199. The Morgan fingerprint density at radius 3 is 2.09 bits per heavy atom. The smallest absolute Gasteiger partial charge is 0.159 e. The predicted octanol–water partition coefficient (Wildman–Crippen LogP) is 1.21. The maximum absolute atomic E-state index is 10.7. The van der Waals surface area contributed by atoms with E-state index in [-0.39, 0.29) is 41.1 Å². The third-order valence-electron chi connectivity index (χ3n) is 1.27. The van der Waals surface area contributed by atoms with Gasteiger partial charge in [-0.25, -0.2) is 0 Å². The number of hydrogen-bond acceptors (Lipinski definition) is 2. The average Bonchev–Trinajstić information content (AvgIpc) is 1.88. The Kier molecular flexibility index (Phi) is 4.42. The van der Waals surface area contributed by atoms with E-state index in [1.807, 2.05) is 0 Å². The first-order valence-corrected chi connectivity index (χ1v) is 3.00. The Balaban J connectivity index is 0.000001000. The van der Waals surface area contributed by atoms with E-state index in [1.54, 1.807) is 12.1 Å². The third-order valence-corrected chi connectivity index (χ3v) is 1.27. The summed E-state index contributed by atoms with van der Waals surface area (Å²) in [5, 5.41) is 8.83. The molecule has 53 valence electrons. The SMILES string of the molecule is CC(=O)c1ccc(O)cc1.[Na]. The second kappa shape index (κ2) is 4.54. The van der Waals surface area contributed by atoms with E-state index >= 15 is 0 Å². The van der Waals surface area contributed by atoms with Gasteiger partial charge in [0.05, 0.1) is 0 Å². The molecule has 0 aliphatic rings. The summed E-state index contributed by atoms with van der Waals surface area (Å²) >= 11 is 0. The van der Waals surface area contributed by atoms with Crippen molar-refractivity contribution in [1.82, 2.24) is 0 Å². The number of benzene rings is 1. The molecule has 0 unspecified atom stereocenters. The van der Waals surface area contributed by atoms with Crippen LogP contribution in [0.4, 0.5) is 0 Å². The number of carbonyl (C=O) groups is 1. The maximum Gasteiger partial charge on any atom is 0.159 e. The van der Waals surface area contributed by atoms with Crippen LogP contribution in [0, 0.1) is 0 Å². The van der Waals surface area contributed by atoms with E-state index < -0.39 is 0 Å². The normalized spacial score (nSPS) is 8.45. The summed E-state index contributed by atoms with van der Waals surface area (Å²) in [6.45, 7) is 1.49. The van der Waals surface area contributed by atoms with Gasteiger partial charge in [0.1, 0.15) is 5.75 Å². The van der Waals surface area contributed by atoms with Gasteiger partial charge in [-0.15, -0.1) is 0 Å². The molecule has 0 aromatic heterocycles. The first-order valence-electron chi connectivity index (χ1n) is 3.00. The zero-order chi connectivity index (χ0) is 7.56. The van der Waals surface area contributed by atoms with E-state index in [0.717, 1.165) is 0 Å². The predicted molar refractivity (Wildman–Crippen MR) is 43.9 cm³/mol. The van der Waals surface area contributed by atoms with Gasteiger partial charge in [-0.05, 0) is 31.2 Å². The summed E-state index contributed by atoms with van der Waals surface area (Å²) in [6.07, 6.45) is 0. The van der Waals surface area contributed by atoms with Gasteiger partial charge in [-0.2, -0.15) is 0 Å². The molecule has 0 aliphatic carbocycles. The van der Waals surface area contributed by atoms with Gasteiger partial charge in [0.25, 0.3) is 0 Å². The van der Waals surface area contributed by atoms with Crippen LogP contribution < -0.4 is 0 Å². The van der Waals surface area contributed by atoms with E-state index in [1.165, 1.54) is 19.1 Å². The fraction of sp³-hybridized carbons (Fsp3) is 0.125. The van der Waals surface area contributed by atoms with Crippen LogP contribution in [-0.4, -0.2) is 40.4 Å². The second-order valence-corrected chi connectivity index (χ2v) is 2.10. The van der Waals surface area contributed by atoms with Crippen LogP contribution in [-0.2, 0) is 0 Å². The Morgan fingerprint density at radius 2 is 1.73 bits per heavy atom. The molecule has 0 amide bonds. The first-order chi connectivity index (χ1) is 4.70. The van der Waals surface area contributed by atoms with Crippen molar-refractivity contribution in [3.8, 4) is 5.75 Å². The van der Waals surface area contributed by atoms with Gasteiger partial charge < -0.3 is 5.11 Å². The van der Waals surface area contributed by atoms with Crippen LogP contribution >= 0.6 is 0 Å². The number of aromatic hydroxyl groups is 1. The summed E-state index contributed by atoms with van der Waals surface area (Å²) in [6, 6.07) is 6.18. The van der Waals surface area contributed by atoms with Gasteiger partial charge in [-0.1, -0.05) is 0 Å². The van der Waals surface area contributed by atoms with Crippen molar-refractivity contribution in [2.24, 2.45) is 0 Å². The molecular weight excluding hydrogens is 151 g/mol. The molecule has 1 radical (unpaired) electrons. The number of carbonyl (C=O) groups excluding carboxylic acids is 1. The van der Waals surface area contributed by atoms with Crippen molar-refractivity contribution in [2.45, 2.75) is 6.92 Å². The van der Waals surface area contributed by atoms with E-state index in [0.29, 0.717) is 5.56 Å². The Morgan fingerprint density at radius 1 is 1.27 bits per heavy atom. The van der Waals surface area contributed by atoms with Crippen LogP contribution in [0.25, 0.3) is 0 Å². The quantitative estimate of drug-likeness (QED) is 0.494. The van der Waals surface area contributed by atoms with Crippen LogP contribution in [0.5, 0.6) is 5.75 Å².